The molecule has 7 heteroatoms. The monoisotopic (exact) mass is 297 g/mol. The van der Waals surface area contributed by atoms with Crippen LogP contribution in [0.4, 0.5) is 0 Å². The van der Waals surface area contributed by atoms with Crippen LogP contribution in [0.15, 0.2) is 21.9 Å². The molecule has 1 aromatic heterocycles. The van der Waals surface area contributed by atoms with Gasteiger partial charge in [-0.15, -0.1) is 0 Å². The minimum absolute atomic E-state index is 0.0314. The van der Waals surface area contributed by atoms with Crippen LogP contribution in [-0.2, 0) is 0 Å². The van der Waals surface area contributed by atoms with Crippen molar-refractivity contribution in [3.8, 4) is 0 Å². The van der Waals surface area contributed by atoms with Crippen molar-refractivity contribution >= 4 is 23.5 Å². The van der Waals surface area contributed by atoms with Gasteiger partial charge in [-0.1, -0.05) is 5.16 Å². The Hall–Kier alpha value is -1.63. The maximum absolute atomic E-state index is 12.3. The molecule has 0 radical (unpaired) electrons. The number of amidine groups is 1. The number of hydrogen-bond acceptors (Lipinski definition) is 5. The number of hydrogen-bond donors (Lipinski definition) is 2. The molecule has 0 aromatic carbocycles. The lowest BCUT2D eigenvalue weighted by molar-refractivity contribution is 0.0717. The molecule has 1 aliphatic heterocycles. The van der Waals surface area contributed by atoms with Crippen molar-refractivity contribution in [3.05, 3.63) is 23.7 Å². The normalized spacial score (nSPS) is 19.1. The van der Waals surface area contributed by atoms with Gasteiger partial charge in [0.25, 0.3) is 5.91 Å². The van der Waals surface area contributed by atoms with Gasteiger partial charge in [-0.3, -0.25) is 4.79 Å². The molecule has 0 saturated carbocycles. The predicted octanol–water partition coefficient (Wildman–Crippen LogP) is 1.67. The van der Waals surface area contributed by atoms with Crippen molar-refractivity contribution in [1.82, 2.24) is 4.90 Å². The Morgan fingerprint density at radius 2 is 2.20 bits per heavy atom. The second-order valence-electron chi connectivity index (χ2n) is 4.92. The predicted molar refractivity (Wildman–Crippen MR) is 78.2 cm³/mol. The first-order valence-corrected chi connectivity index (χ1v) is 7.62. The van der Waals surface area contributed by atoms with Gasteiger partial charge in [-0.25, -0.2) is 0 Å². The molecule has 0 bridgehead atoms. The summed E-state index contributed by atoms with van der Waals surface area (Å²) in [5, 5.41) is 12.0. The largest absolute Gasteiger partial charge is 0.469 e. The number of likely N-dealkylation sites (tertiary alicyclic amines) is 1. The Morgan fingerprint density at radius 3 is 2.65 bits per heavy atom. The van der Waals surface area contributed by atoms with Crippen LogP contribution >= 0.6 is 11.8 Å². The molecule has 110 valence electrons. The molecular weight excluding hydrogens is 278 g/mol. The highest BCUT2D eigenvalue weighted by Crippen LogP contribution is 2.35. The summed E-state index contributed by atoms with van der Waals surface area (Å²) in [6, 6.07) is 1.74. The molecule has 0 spiro atoms. The smallest absolute Gasteiger partial charge is 0.257 e. The molecule has 20 heavy (non-hydrogen) atoms. The quantitative estimate of drug-likeness (QED) is 0.383. The zero-order chi connectivity index (χ0) is 14.8. The summed E-state index contributed by atoms with van der Waals surface area (Å²) in [5.74, 6) is 0.924. The second-order valence-corrected chi connectivity index (χ2v) is 6.11. The summed E-state index contributed by atoms with van der Waals surface area (Å²) in [6.07, 6.45) is 4.77. The van der Waals surface area contributed by atoms with Crippen molar-refractivity contribution < 1.29 is 14.4 Å². The van der Waals surface area contributed by atoms with Gasteiger partial charge < -0.3 is 20.3 Å². The molecule has 6 nitrogen and oxygen atoms in total. The number of furan rings is 1. The van der Waals surface area contributed by atoms with Crippen LogP contribution in [0.25, 0.3) is 0 Å². The first kappa shape index (κ1) is 14.8. The molecule has 1 aliphatic rings. The number of oxime groups is 1. The van der Waals surface area contributed by atoms with E-state index in [0.29, 0.717) is 31.5 Å². The molecule has 0 unspecified atom stereocenters. The lowest BCUT2D eigenvalue weighted by Gasteiger charge is -2.39. The van der Waals surface area contributed by atoms with E-state index in [0.717, 1.165) is 5.76 Å². The third-order valence-corrected chi connectivity index (χ3v) is 5.20. The third-order valence-electron chi connectivity index (χ3n) is 3.80. The maximum Gasteiger partial charge on any atom is 0.257 e. The summed E-state index contributed by atoms with van der Waals surface area (Å²) in [6.45, 7) is 2.98. The summed E-state index contributed by atoms with van der Waals surface area (Å²) in [7, 11) is 0. The molecule has 0 aliphatic carbocycles. The molecule has 0 atom stereocenters. The van der Waals surface area contributed by atoms with E-state index >= 15 is 0 Å². The van der Waals surface area contributed by atoms with E-state index in [2.05, 4.69) is 5.16 Å². The van der Waals surface area contributed by atoms with Crippen LogP contribution in [0.5, 0.6) is 0 Å². The van der Waals surface area contributed by atoms with Crippen molar-refractivity contribution in [1.29, 1.82) is 0 Å². The van der Waals surface area contributed by atoms with Gasteiger partial charge in [0.2, 0.25) is 0 Å². The lowest BCUT2D eigenvalue weighted by Crippen LogP contribution is -2.51. The van der Waals surface area contributed by atoms with Crippen LogP contribution in [0.1, 0.15) is 29.0 Å². The molecular formula is C13H19N3O3S. The van der Waals surface area contributed by atoms with Crippen LogP contribution in [0, 0.1) is 6.92 Å². The Balaban J connectivity index is 2.06. The van der Waals surface area contributed by atoms with E-state index in [1.54, 1.807) is 22.7 Å². The van der Waals surface area contributed by atoms with Gasteiger partial charge in [-0.2, -0.15) is 11.8 Å². The molecule has 1 fully saturated rings. The Labute approximate surface area is 122 Å². The van der Waals surface area contributed by atoms with E-state index in [9.17, 15) is 4.79 Å². The highest BCUT2D eigenvalue weighted by molar-refractivity contribution is 8.00. The first-order valence-electron chi connectivity index (χ1n) is 6.40. The number of amides is 1. The van der Waals surface area contributed by atoms with Crippen LogP contribution in [0.2, 0.25) is 0 Å². The lowest BCUT2D eigenvalue weighted by atomic mass is 9.94. The fraction of sp³-hybridized carbons (Fsp3) is 0.538. The minimum Gasteiger partial charge on any atom is -0.469 e. The van der Waals surface area contributed by atoms with Crippen LogP contribution < -0.4 is 5.73 Å². The number of rotatable bonds is 3. The van der Waals surface area contributed by atoms with E-state index in [-0.39, 0.29) is 16.5 Å². The zero-order valence-corrected chi connectivity index (χ0v) is 12.4. The summed E-state index contributed by atoms with van der Waals surface area (Å²) >= 11 is 1.57. The first-order chi connectivity index (χ1) is 9.52. The Morgan fingerprint density at radius 1 is 1.55 bits per heavy atom. The topological polar surface area (TPSA) is 92.1 Å². The SMILES string of the molecule is CSC1(C(N)=NO)CCN(C(=O)c2coc(C)c2)CC1. The zero-order valence-electron chi connectivity index (χ0n) is 11.6. The van der Waals surface area contributed by atoms with E-state index < -0.39 is 0 Å². The summed E-state index contributed by atoms with van der Waals surface area (Å²) < 4.78 is 4.79. The van der Waals surface area contributed by atoms with Crippen molar-refractivity contribution in [3.63, 3.8) is 0 Å². The number of carbonyl (C=O) groups is 1. The molecule has 2 rings (SSSR count). The number of carbonyl (C=O) groups excluding carboxylic acids is 1. The van der Waals surface area contributed by atoms with Gasteiger partial charge in [0.15, 0.2) is 5.84 Å². The number of nitrogens with zero attached hydrogens (tertiary/aromatic N) is 2. The second kappa shape index (κ2) is 5.78. The molecule has 1 amide bonds. The number of aryl methyl sites for hydroxylation is 1. The Kier molecular flexibility index (Phi) is 4.27. The molecule has 3 N–H and O–H groups in total. The Bertz CT molecular complexity index is 519. The van der Waals surface area contributed by atoms with Crippen LogP contribution in [0.3, 0.4) is 0 Å². The fourth-order valence-corrected chi connectivity index (χ4v) is 3.31. The average Bonchev–Trinajstić information content (AvgIpc) is 2.92. The van der Waals surface area contributed by atoms with E-state index in [1.807, 2.05) is 13.2 Å². The number of nitrogens with two attached hydrogens (primary N) is 1. The van der Waals surface area contributed by atoms with Crippen molar-refractivity contribution in [2.45, 2.75) is 24.5 Å². The van der Waals surface area contributed by atoms with Gasteiger partial charge >= 0.3 is 0 Å². The van der Waals surface area contributed by atoms with Gasteiger partial charge in [-0.05, 0) is 32.1 Å². The van der Waals surface area contributed by atoms with Crippen LogP contribution in [-0.4, -0.2) is 45.9 Å². The van der Waals surface area contributed by atoms with E-state index in [4.69, 9.17) is 15.4 Å². The summed E-state index contributed by atoms with van der Waals surface area (Å²) in [5.41, 5.74) is 6.36. The molecule has 2 heterocycles. The minimum atomic E-state index is -0.377. The highest BCUT2D eigenvalue weighted by Gasteiger charge is 2.39. The molecule has 1 aromatic rings. The number of thioether (sulfide) groups is 1. The van der Waals surface area contributed by atoms with Crippen molar-refractivity contribution in [2.24, 2.45) is 10.9 Å². The highest BCUT2D eigenvalue weighted by atomic mass is 32.2. The molecule has 1 saturated heterocycles. The standard InChI is InChI=1S/C13H19N3O3S/c1-9-7-10(8-19-9)11(17)16-5-3-13(20-2,4-6-16)12(14)15-18/h7-8,18H,3-6H2,1-2H3,(H2,14,15). The maximum atomic E-state index is 12.3. The van der Waals surface area contributed by atoms with Gasteiger partial charge in [0.1, 0.15) is 12.0 Å². The van der Waals surface area contributed by atoms with Crippen molar-refractivity contribution in [2.75, 3.05) is 19.3 Å². The fourth-order valence-electron chi connectivity index (χ4n) is 2.47. The number of piperidine rings is 1. The third kappa shape index (κ3) is 2.63. The van der Waals surface area contributed by atoms with E-state index in [1.165, 1.54) is 6.26 Å². The van der Waals surface area contributed by atoms with Gasteiger partial charge in [0.05, 0.1) is 10.3 Å². The average molecular weight is 297 g/mol. The summed E-state index contributed by atoms with van der Waals surface area (Å²) in [4.78, 5) is 14.1. The van der Waals surface area contributed by atoms with Gasteiger partial charge in [0, 0.05) is 13.1 Å².